The predicted octanol–water partition coefficient (Wildman–Crippen LogP) is 1.83. The fourth-order valence-electron chi connectivity index (χ4n) is 1.46. The number of hydrogen-bond acceptors (Lipinski definition) is 6. The van der Waals surface area contributed by atoms with Crippen molar-refractivity contribution in [2.45, 2.75) is 0 Å². The van der Waals surface area contributed by atoms with Crippen LogP contribution < -0.4 is 0 Å². The Balaban J connectivity index is 2.08. The van der Waals surface area contributed by atoms with Gasteiger partial charge in [0.1, 0.15) is 15.7 Å². The molecule has 0 spiro atoms. The highest BCUT2D eigenvalue weighted by Gasteiger charge is 2.16. The van der Waals surface area contributed by atoms with Crippen LogP contribution >= 0.6 is 11.3 Å². The second-order valence-electron chi connectivity index (χ2n) is 3.42. The maximum atomic E-state index is 13.1. The van der Waals surface area contributed by atoms with Gasteiger partial charge < -0.3 is 5.11 Å². The van der Waals surface area contributed by atoms with E-state index >= 15 is 0 Å². The van der Waals surface area contributed by atoms with Crippen molar-refractivity contribution in [1.29, 1.82) is 0 Å². The lowest BCUT2D eigenvalue weighted by molar-refractivity contribution is 0.459. The highest BCUT2D eigenvalue weighted by molar-refractivity contribution is 7.18. The van der Waals surface area contributed by atoms with E-state index in [4.69, 9.17) is 0 Å². The summed E-state index contributed by atoms with van der Waals surface area (Å²) in [5.74, 6) is -0.295. The minimum atomic E-state index is -0.358. The van der Waals surface area contributed by atoms with E-state index in [0.717, 1.165) is 0 Å². The van der Waals surface area contributed by atoms with Gasteiger partial charge in [-0.3, -0.25) is 0 Å². The number of benzene rings is 1. The summed E-state index contributed by atoms with van der Waals surface area (Å²) >= 11 is 1.17. The molecule has 90 valence electrons. The average Bonchev–Trinajstić information content (AvgIpc) is 2.97. The quantitative estimate of drug-likeness (QED) is 0.736. The topological polar surface area (TPSA) is 87.6 Å². The minimum Gasteiger partial charge on any atom is -0.492 e. The first-order valence-electron chi connectivity index (χ1n) is 4.93. The molecular weight excluding hydrogens is 257 g/mol. The molecule has 2 aromatic heterocycles. The Morgan fingerprint density at radius 3 is 2.94 bits per heavy atom. The van der Waals surface area contributed by atoms with E-state index in [1.807, 2.05) is 0 Å². The highest BCUT2D eigenvalue weighted by Crippen LogP contribution is 2.37. The number of aromatic nitrogens is 5. The third-order valence-corrected chi connectivity index (χ3v) is 3.32. The van der Waals surface area contributed by atoms with Crippen molar-refractivity contribution in [2.75, 3.05) is 0 Å². The molecule has 3 aromatic rings. The van der Waals surface area contributed by atoms with Crippen molar-refractivity contribution in [3.8, 4) is 27.2 Å². The van der Waals surface area contributed by atoms with E-state index in [9.17, 15) is 9.50 Å². The maximum Gasteiger partial charge on any atom is 0.234 e. The standard InChI is InChI=1S/C10H6FN5OS/c11-6-3-1-2-5(4-6)10-12-9(17)7(18-10)8-13-15-16-14-8/h1-4,17H,(H,13,14,15,16). The first-order valence-corrected chi connectivity index (χ1v) is 5.75. The van der Waals surface area contributed by atoms with Gasteiger partial charge in [-0.15, -0.1) is 21.5 Å². The van der Waals surface area contributed by atoms with Gasteiger partial charge in [0.25, 0.3) is 0 Å². The number of aromatic amines is 1. The van der Waals surface area contributed by atoms with Crippen LogP contribution in [0.2, 0.25) is 0 Å². The van der Waals surface area contributed by atoms with E-state index in [0.29, 0.717) is 15.4 Å². The van der Waals surface area contributed by atoms with Gasteiger partial charge in [0.05, 0.1) is 0 Å². The lowest BCUT2D eigenvalue weighted by Gasteiger charge is -1.94. The SMILES string of the molecule is Oc1nc(-c2cccc(F)c2)sc1-c1nn[nH]n1. The summed E-state index contributed by atoms with van der Waals surface area (Å²) in [7, 11) is 0. The molecule has 0 amide bonds. The zero-order valence-electron chi connectivity index (χ0n) is 8.83. The number of rotatable bonds is 2. The van der Waals surface area contributed by atoms with E-state index in [2.05, 4.69) is 25.6 Å². The molecular formula is C10H6FN5OS. The molecule has 1 aromatic carbocycles. The summed E-state index contributed by atoms with van der Waals surface area (Å²) < 4.78 is 13.1. The Morgan fingerprint density at radius 1 is 1.33 bits per heavy atom. The van der Waals surface area contributed by atoms with Crippen molar-refractivity contribution < 1.29 is 9.50 Å². The third kappa shape index (κ3) is 1.82. The lowest BCUT2D eigenvalue weighted by atomic mass is 10.2. The summed E-state index contributed by atoms with van der Waals surface area (Å²) in [4.78, 5) is 4.36. The molecule has 0 aliphatic rings. The predicted molar refractivity (Wildman–Crippen MR) is 62.3 cm³/mol. The molecule has 0 radical (unpaired) electrons. The summed E-state index contributed by atoms with van der Waals surface area (Å²) in [6, 6.07) is 5.98. The number of H-pyrrole nitrogens is 1. The van der Waals surface area contributed by atoms with Gasteiger partial charge in [0.2, 0.25) is 11.7 Å². The van der Waals surface area contributed by atoms with Gasteiger partial charge in [0.15, 0.2) is 0 Å². The fraction of sp³-hybridized carbons (Fsp3) is 0. The molecule has 0 unspecified atom stereocenters. The third-order valence-electron chi connectivity index (χ3n) is 2.23. The van der Waals surface area contributed by atoms with Crippen molar-refractivity contribution >= 4 is 11.3 Å². The van der Waals surface area contributed by atoms with E-state index in [1.54, 1.807) is 12.1 Å². The maximum absolute atomic E-state index is 13.1. The molecule has 0 aliphatic heterocycles. The lowest BCUT2D eigenvalue weighted by Crippen LogP contribution is -1.77. The summed E-state index contributed by atoms with van der Waals surface area (Å²) in [5, 5.41) is 23.4. The Labute approximate surface area is 104 Å². The number of thiazole rings is 1. The van der Waals surface area contributed by atoms with Crippen LogP contribution in [0.1, 0.15) is 0 Å². The molecule has 0 saturated carbocycles. The molecule has 2 heterocycles. The van der Waals surface area contributed by atoms with Gasteiger partial charge in [-0.25, -0.2) is 9.37 Å². The number of aromatic hydroxyl groups is 1. The van der Waals surface area contributed by atoms with Gasteiger partial charge in [-0.2, -0.15) is 5.21 Å². The summed E-state index contributed by atoms with van der Waals surface area (Å²) in [6.45, 7) is 0. The minimum absolute atomic E-state index is 0.194. The number of tetrazole rings is 1. The number of halogens is 1. The van der Waals surface area contributed by atoms with E-state index in [1.165, 1.54) is 23.5 Å². The van der Waals surface area contributed by atoms with E-state index < -0.39 is 0 Å². The smallest absolute Gasteiger partial charge is 0.234 e. The highest BCUT2D eigenvalue weighted by atomic mass is 32.1. The van der Waals surface area contributed by atoms with Gasteiger partial charge in [-0.1, -0.05) is 12.1 Å². The van der Waals surface area contributed by atoms with Crippen molar-refractivity contribution in [3.05, 3.63) is 30.1 Å². The largest absolute Gasteiger partial charge is 0.492 e. The molecule has 0 aliphatic carbocycles. The van der Waals surface area contributed by atoms with Crippen LogP contribution in [0.4, 0.5) is 4.39 Å². The molecule has 3 rings (SSSR count). The molecule has 0 saturated heterocycles. The number of nitrogens with one attached hydrogen (secondary N) is 1. The normalized spacial score (nSPS) is 10.7. The molecule has 2 N–H and O–H groups in total. The first-order chi connectivity index (χ1) is 8.74. The Bertz CT molecular complexity index is 681. The molecule has 8 heteroatoms. The van der Waals surface area contributed by atoms with Crippen molar-refractivity contribution in [2.24, 2.45) is 0 Å². The zero-order chi connectivity index (χ0) is 12.5. The molecule has 18 heavy (non-hydrogen) atoms. The zero-order valence-corrected chi connectivity index (χ0v) is 9.65. The van der Waals surface area contributed by atoms with Crippen LogP contribution in [0.15, 0.2) is 24.3 Å². The van der Waals surface area contributed by atoms with Gasteiger partial charge in [-0.05, 0) is 17.3 Å². The monoisotopic (exact) mass is 263 g/mol. The summed E-state index contributed by atoms with van der Waals surface area (Å²) in [6.07, 6.45) is 0. The molecule has 6 nitrogen and oxygen atoms in total. The van der Waals surface area contributed by atoms with Gasteiger partial charge in [0, 0.05) is 5.56 Å². The Morgan fingerprint density at radius 2 is 2.22 bits per heavy atom. The average molecular weight is 263 g/mol. The second kappa shape index (κ2) is 4.15. The fourth-order valence-corrected chi connectivity index (χ4v) is 2.35. The van der Waals surface area contributed by atoms with Crippen LogP contribution in [-0.4, -0.2) is 30.7 Å². The van der Waals surface area contributed by atoms with Crippen LogP contribution in [0.5, 0.6) is 5.88 Å². The number of hydrogen-bond donors (Lipinski definition) is 2. The molecule has 0 fully saturated rings. The van der Waals surface area contributed by atoms with E-state index in [-0.39, 0.29) is 17.5 Å². The molecule has 0 atom stereocenters. The van der Waals surface area contributed by atoms with Crippen LogP contribution in [0.3, 0.4) is 0 Å². The van der Waals surface area contributed by atoms with Crippen LogP contribution in [0, 0.1) is 5.82 Å². The van der Waals surface area contributed by atoms with Crippen molar-refractivity contribution in [3.63, 3.8) is 0 Å². The first kappa shape index (κ1) is 10.8. The summed E-state index contributed by atoms with van der Waals surface area (Å²) in [5.41, 5.74) is 0.588. The van der Waals surface area contributed by atoms with Crippen LogP contribution in [-0.2, 0) is 0 Å². The van der Waals surface area contributed by atoms with Crippen LogP contribution in [0.25, 0.3) is 21.3 Å². The number of nitrogens with zero attached hydrogens (tertiary/aromatic N) is 4. The second-order valence-corrected chi connectivity index (χ2v) is 4.42. The molecule has 0 bridgehead atoms. The van der Waals surface area contributed by atoms with Crippen molar-refractivity contribution in [1.82, 2.24) is 25.6 Å². The Kier molecular flexibility index (Phi) is 2.49. The Hall–Kier alpha value is -2.35. The van der Waals surface area contributed by atoms with Gasteiger partial charge >= 0.3 is 0 Å².